The highest BCUT2D eigenvalue weighted by atomic mass is 28.4. The molecule has 0 amide bonds. The van der Waals surface area contributed by atoms with Crippen LogP contribution in [0.5, 0.6) is 0 Å². The lowest BCUT2D eigenvalue weighted by Gasteiger charge is -2.29. The van der Waals surface area contributed by atoms with Gasteiger partial charge in [0.15, 0.2) is 0 Å². The Balaban J connectivity index is 2.88. The Kier molecular flexibility index (Phi) is 10.3. The van der Waals surface area contributed by atoms with Crippen LogP contribution in [0.3, 0.4) is 0 Å². The highest BCUT2D eigenvalue weighted by Gasteiger charge is 2.44. The second-order valence-corrected chi connectivity index (χ2v) is 6.74. The molecule has 1 aromatic rings. The van der Waals surface area contributed by atoms with Crippen LogP contribution in [0.1, 0.15) is 20.8 Å². The van der Waals surface area contributed by atoms with E-state index in [1.54, 1.807) is 0 Å². The molecule has 0 atom stereocenters. The topological polar surface area (TPSA) is 55.4 Å². The third-order valence-corrected chi connectivity index (χ3v) is 5.27. The van der Waals surface area contributed by atoms with Gasteiger partial charge < -0.3 is 27.5 Å². The minimum atomic E-state index is -3.16. The van der Waals surface area contributed by atoms with Gasteiger partial charge in [0.1, 0.15) is 20.4 Å². The third kappa shape index (κ3) is 6.53. The van der Waals surface area contributed by atoms with Crippen molar-refractivity contribution in [3.8, 4) is 0 Å². The standard InChI is InChI=1S/C15H26O6Si/c1-4-16-12-19-22(20-13-17-5-2,21-14-18-6-3)15-10-8-7-9-11-15/h7-11H,4-6,12-14H2,1-3H3. The first-order valence-corrected chi connectivity index (χ1v) is 9.22. The van der Waals surface area contributed by atoms with Gasteiger partial charge >= 0.3 is 8.80 Å². The Labute approximate surface area is 133 Å². The molecule has 22 heavy (non-hydrogen) atoms. The number of hydrogen-bond acceptors (Lipinski definition) is 6. The van der Waals surface area contributed by atoms with E-state index in [9.17, 15) is 0 Å². The molecule has 0 aromatic heterocycles. The smallest absolute Gasteiger partial charge is 0.357 e. The maximum Gasteiger partial charge on any atom is 0.542 e. The number of rotatable bonds is 13. The lowest BCUT2D eigenvalue weighted by Crippen LogP contribution is -2.57. The summed E-state index contributed by atoms with van der Waals surface area (Å²) in [6.45, 7) is 7.63. The molecule has 0 saturated carbocycles. The van der Waals surface area contributed by atoms with Crippen molar-refractivity contribution < 1.29 is 27.5 Å². The lowest BCUT2D eigenvalue weighted by molar-refractivity contribution is -0.0935. The zero-order chi connectivity index (χ0) is 16.1. The molecule has 6 nitrogen and oxygen atoms in total. The predicted molar refractivity (Wildman–Crippen MR) is 84.6 cm³/mol. The van der Waals surface area contributed by atoms with Crippen LogP contribution in [0.15, 0.2) is 30.3 Å². The summed E-state index contributed by atoms with van der Waals surface area (Å²) >= 11 is 0. The molecule has 0 aliphatic carbocycles. The Bertz CT molecular complexity index is 349. The summed E-state index contributed by atoms with van der Waals surface area (Å²) in [5, 5.41) is 0.842. The van der Waals surface area contributed by atoms with Crippen LogP contribution in [0, 0.1) is 0 Å². The van der Waals surface area contributed by atoms with E-state index < -0.39 is 8.80 Å². The van der Waals surface area contributed by atoms with Crippen molar-refractivity contribution in [3.63, 3.8) is 0 Å². The Morgan fingerprint density at radius 3 is 1.45 bits per heavy atom. The normalized spacial score (nSPS) is 11.8. The van der Waals surface area contributed by atoms with E-state index in [0.29, 0.717) is 19.8 Å². The summed E-state index contributed by atoms with van der Waals surface area (Å²) in [4.78, 5) is 0. The number of benzene rings is 1. The van der Waals surface area contributed by atoms with E-state index in [2.05, 4.69) is 0 Å². The van der Waals surface area contributed by atoms with Crippen LogP contribution in [0.4, 0.5) is 0 Å². The summed E-state index contributed by atoms with van der Waals surface area (Å²) in [7, 11) is -3.16. The van der Waals surface area contributed by atoms with Gasteiger partial charge in [0.05, 0.1) is 0 Å². The molecule has 0 spiro atoms. The quantitative estimate of drug-likeness (QED) is 0.313. The molecule has 0 saturated heterocycles. The zero-order valence-corrected chi connectivity index (χ0v) is 14.6. The first kappa shape index (κ1) is 19.2. The first-order chi connectivity index (χ1) is 10.8. The first-order valence-electron chi connectivity index (χ1n) is 7.49. The molecule has 0 heterocycles. The molecular formula is C15H26O6Si. The van der Waals surface area contributed by atoms with E-state index in [4.69, 9.17) is 27.5 Å². The van der Waals surface area contributed by atoms with Gasteiger partial charge in [0, 0.05) is 25.0 Å². The average molecular weight is 330 g/mol. The molecule has 0 radical (unpaired) electrons. The van der Waals surface area contributed by atoms with E-state index in [1.807, 2.05) is 51.1 Å². The maximum absolute atomic E-state index is 5.86. The number of hydrogen-bond donors (Lipinski definition) is 0. The Morgan fingerprint density at radius 2 is 1.09 bits per heavy atom. The summed E-state index contributed by atoms with van der Waals surface area (Å²) in [5.74, 6) is 0. The minimum Gasteiger partial charge on any atom is -0.357 e. The summed E-state index contributed by atoms with van der Waals surface area (Å²) in [6.07, 6.45) is 0. The molecule has 0 N–H and O–H groups in total. The van der Waals surface area contributed by atoms with Crippen molar-refractivity contribution in [1.82, 2.24) is 0 Å². The van der Waals surface area contributed by atoms with Crippen LogP contribution in [0.2, 0.25) is 0 Å². The molecule has 0 aliphatic rings. The van der Waals surface area contributed by atoms with Gasteiger partial charge in [-0.3, -0.25) is 0 Å². The van der Waals surface area contributed by atoms with Gasteiger partial charge in [-0.15, -0.1) is 0 Å². The zero-order valence-electron chi connectivity index (χ0n) is 13.6. The summed E-state index contributed by atoms with van der Waals surface area (Å²) in [5.41, 5.74) is 0. The van der Waals surface area contributed by atoms with Crippen LogP contribution in [-0.4, -0.2) is 49.0 Å². The molecule has 1 rings (SSSR count). The summed E-state index contributed by atoms with van der Waals surface area (Å²) < 4.78 is 33.5. The second kappa shape index (κ2) is 11.7. The Hall–Kier alpha value is -0.803. The molecule has 0 aliphatic heterocycles. The Morgan fingerprint density at radius 1 is 0.682 bits per heavy atom. The highest BCUT2D eigenvalue weighted by Crippen LogP contribution is 2.12. The third-order valence-electron chi connectivity index (χ3n) is 2.74. The predicted octanol–water partition coefficient (Wildman–Crippen LogP) is 1.86. The maximum atomic E-state index is 5.86. The van der Waals surface area contributed by atoms with Crippen molar-refractivity contribution in [1.29, 1.82) is 0 Å². The number of ether oxygens (including phenoxy) is 3. The van der Waals surface area contributed by atoms with Crippen molar-refractivity contribution in [2.45, 2.75) is 20.8 Å². The molecule has 7 heteroatoms. The van der Waals surface area contributed by atoms with Gasteiger partial charge in [0.25, 0.3) is 0 Å². The van der Waals surface area contributed by atoms with Crippen LogP contribution < -0.4 is 5.19 Å². The fraction of sp³-hybridized carbons (Fsp3) is 0.600. The highest BCUT2D eigenvalue weighted by molar-refractivity contribution is 6.75. The van der Waals surface area contributed by atoms with Crippen molar-refractivity contribution in [3.05, 3.63) is 30.3 Å². The van der Waals surface area contributed by atoms with Crippen LogP contribution >= 0.6 is 0 Å². The second-order valence-electron chi connectivity index (χ2n) is 4.19. The van der Waals surface area contributed by atoms with E-state index >= 15 is 0 Å². The van der Waals surface area contributed by atoms with E-state index in [1.165, 1.54) is 0 Å². The molecule has 0 unspecified atom stereocenters. The minimum absolute atomic E-state index is 0.0931. The molecular weight excluding hydrogens is 304 g/mol. The molecule has 126 valence electrons. The van der Waals surface area contributed by atoms with Gasteiger partial charge in [-0.25, -0.2) is 0 Å². The van der Waals surface area contributed by atoms with Gasteiger partial charge in [-0.05, 0) is 20.8 Å². The van der Waals surface area contributed by atoms with E-state index in [-0.39, 0.29) is 20.4 Å². The lowest BCUT2D eigenvalue weighted by atomic mass is 10.4. The monoisotopic (exact) mass is 330 g/mol. The molecule has 0 fully saturated rings. The van der Waals surface area contributed by atoms with Crippen molar-refractivity contribution >= 4 is 14.0 Å². The van der Waals surface area contributed by atoms with Crippen molar-refractivity contribution in [2.24, 2.45) is 0 Å². The molecule has 1 aromatic carbocycles. The SMILES string of the molecule is CCOCO[Si](OCOCC)(OCOCC)c1ccccc1. The van der Waals surface area contributed by atoms with Crippen LogP contribution in [-0.2, 0) is 27.5 Å². The molecule has 0 bridgehead atoms. The van der Waals surface area contributed by atoms with Gasteiger partial charge in [-0.2, -0.15) is 0 Å². The summed E-state index contributed by atoms with van der Waals surface area (Å²) in [6, 6.07) is 9.58. The fourth-order valence-electron chi connectivity index (χ4n) is 1.63. The fourth-order valence-corrected chi connectivity index (χ4v) is 3.69. The van der Waals surface area contributed by atoms with Gasteiger partial charge in [0.2, 0.25) is 0 Å². The van der Waals surface area contributed by atoms with Gasteiger partial charge in [-0.1, -0.05) is 30.3 Å². The van der Waals surface area contributed by atoms with Crippen molar-refractivity contribution in [2.75, 3.05) is 40.2 Å². The largest absolute Gasteiger partial charge is 0.542 e. The van der Waals surface area contributed by atoms with E-state index in [0.717, 1.165) is 5.19 Å². The van der Waals surface area contributed by atoms with Crippen LogP contribution in [0.25, 0.3) is 0 Å². The average Bonchev–Trinajstić information content (AvgIpc) is 2.56.